The van der Waals surface area contributed by atoms with Gasteiger partial charge in [-0.15, -0.1) is 0 Å². The maximum atomic E-state index is 12.2. The number of carbonyl (C=O) groups excluding carboxylic acids is 2. The number of carbonyl (C=O) groups is 2. The number of hydrogen-bond acceptors (Lipinski definition) is 4. The molecule has 0 saturated carbocycles. The van der Waals surface area contributed by atoms with E-state index in [2.05, 4.69) is 10.3 Å². The Bertz CT molecular complexity index is 756. The first kappa shape index (κ1) is 15.0. The van der Waals surface area contributed by atoms with E-state index in [1.165, 1.54) is 13.3 Å². The van der Waals surface area contributed by atoms with Gasteiger partial charge in [0.1, 0.15) is 0 Å². The molecule has 6 heteroatoms. The van der Waals surface area contributed by atoms with Crippen LogP contribution in [0.3, 0.4) is 0 Å². The molecule has 118 valence electrons. The number of nitrogens with zero attached hydrogens (tertiary/aromatic N) is 2. The summed E-state index contributed by atoms with van der Waals surface area (Å²) in [6.07, 6.45) is 2.27. The molecule has 0 atom stereocenters. The predicted molar refractivity (Wildman–Crippen MR) is 86.9 cm³/mol. The zero-order valence-electron chi connectivity index (χ0n) is 13.0. The summed E-state index contributed by atoms with van der Waals surface area (Å²) < 4.78 is 4.97. The fraction of sp³-hybridized carbons (Fsp3) is 0.235. The molecule has 0 saturated heterocycles. The lowest BCUT2D eigenvalue weighted by Crippen LogP contribution is -2.25. The molecule has 0 aliphatic carbocycles. The van der Waals surface area contributed by atoms with E-state index in [9.17, 15) is 9.59 Å². The fourth-order valence-corrected chi connectivity index (χ4v) is 2.65. The Morgan fingerprint density at radius 2 is 2.09 bits per heavy atom. The van der Waals surface area contributed by atoms with E-state index in [-0.39, 0.29) is 11.8 Å². The van der Waals surface area contributed by atoms with Crippen LogP contribution in [0.15, 0.2) is 36.5 Å². The van der Waals surface area contributed by atoms with Crippen molar-refractivity contribution in [2.45, 2.75) is 13.3 Å². The summed E-state index contributed by atoms with van der Waals surface area (Å²) in [5, 5.41) is 2.85. The Labute approximate surface area is 134 Å². The number of benzene rings is 1. The van der Waals surface area contributed by atoms with Crippen molar-refractivity contribution >= 4 is 23.2 Å². The first-order chi connectivity index (χ1) is 11.1. The highest BCUT2D eigenvalue weighted by Crippen LogP contribution is 2.30. The minimum absolute atomic E-state index is 0.0323. The van der Waals surface area contributed by atoms with Gasteiger partial charge in [0.05, 0.1) is 12.7 Å². The van der Waals surface area contributed by atoms with Gasteiger partial charge in [-0.1, -0.05) is 0 Å². The zero-order valence-corrected chi connectivity index (χ0v) is 13.0. The third-order valence-corrected chi connectivity index (χ3v) is 3.82. The van der Waals surface area contributed by atoms with Crippen molar-refractivity contribution in [1.82, 2.24) is 4.98 Å². The summed E-state index contributed by atoms with van der Waals surface area (Å²) >= 11 is 0. The molecule has 3 rings (SSSR count). The Morgan fingerprint density at radius 1 is 1.26 bits per heavy atom. The molecular weight excluding hydrogens is 294 g/mol. The Balaban J connectivity index is 1.75. The predicted octanol–water partition coefficient (Wildman–Crippen LogP) is 2.25. The second kappa shape index (κ2) is 6.08. The number of rotatable bonds is 3. The van der Waals surface area contributed by atoms with Crippen LogP contribution in [0, 0.1) is 0 Å². The van der Waals surface area contributed by atoms with Gasteiger partial charge in [0, 0.05) is 37.1 Å². The minimum atomic E-state index is -0.235. The van der Waals surface area contributed by atoms with Crippen molar-refractivity contribution in [3.05, 3.63) is 47.7 Å². The van der Waals surface area contributed by atoms with Crippen molar-refractivity contribution in [3.8, 4) is 5.88 Å². The van der Waals surface area contributed by atoms with Gasteiger partial charge in [0.25, 0.3) is 5.91 Å². The van der Waals surface area contributed by atoms with Gasteiger partial charge in [-0.05, 0) is 36.2 Å². The van der Waals surface area contributed by atoms with Crippen LogP contribution >= 0.6 is 0 Å². The average Bonchev–Trinajstić information content (AvgIpc) is 2.98. The molecule has 0 radical (unpaired) electrons. The number of ether oxygens (including phenoxy) is 1. The molecule has 0 spiro atoms. The van der Waals surface area contributed by atoms with Gasteiger partial charge < -0.3 is 15.0 Å². The largest absolute Gasteiger partial charge is 0.481 e. The highest BCUT2D eigenvalue weighted by molar-refractivity contribution is 6.04. The number of methoxy groups -OCH3 is 1. The van der Waals surface area contributed by atoms with Gasteiger partial charge in [-0.2, -0.15) is 0 Å². The van der Waals surface area contributed by atoms with Crippen molar-refractivity contribution < 1.29 is 14.3 Å². The van der Waals surface area contributed by atoms with E-state index < -0.39 is 0 Å². The lowest BCUT2D eigenvalue weighted by molar-refractivity contribution is -0.116. The number of nitrogens with one attached hydrogen (secondary N) is 1. The summed E-state index contributed by atoms with van der Waals surface area (Å²) in [4.78, 5) is 29.5. The van der Waals surface area contributed by atoms with E-state index in [0.717, 1.165) is 17.7 Å². The maximum absolute atomic E-state index is 12.2. The van der Waals surface area contributed by atoms with Crippen molar-refractivity contribution in [2.75, 3.05) is 23.9 Å². The molecule has 1 N–H and O–H groups in total. The molecule has 2 heterocycles. The normalized spacial score (nSPS) is 12.7. The Kier molecular flexibility index (Phi) is 3.97. The highest BCUT2D eigenvalue weighted by Gasteiger charge is 2.22. The fourth-order valence-electron chi connectivity index (χ4n) is 2.65. The topological polar surface area (TPSA) is 71.5 Å². The SMILES string of the molecule is COc1ccc(C(=O)Nc2ccc3c(c2)CCN3C(C)=O)cn1. The van der Waals surface area contributed by atoms with Gasteiger partial charge in [0.2, 0.25) is 11.8 Å². The summed E-state index contributed by atoms with van der Waals surface area (Å²) in [5.41, 5.74) is 3.14. The van der Waals surface area contributed by atoms with Crippen LogP contribution in [0.2, 0.25) is 0 Å². The van der Waals surface area contributed by atoms with Crippen LogP contribution in [-0.2, 0) is 11.2 Å². The molecule has 0 unspecified atom stereocenters. The molecular formula is C17H17N3O3. The lowest BCUT2D eigenvalue weighted by Gasteiger charge is -2.15. The second-order valence-electron chi connectivity index (χ2n) is 5.31. The van der Waals surface area contributed by atoms with Crippen molar-refractivity contribution in [2.24, 2.45) is 0 Å². The highest BCUT2D eigenvalue weighted by atomic mass is 16.5. The van der Waals surface area contributed by atoms with E-state index in [1.54, 1.807) is 30.0 Å². The van der Waals surface area contributed by atoms with Crippen molar-refractivity contribution in [3.63, 3.8) is 0 Å². The summed E-state index contributed by atoms with van der Waals surface area (Å²) in [5.74, 6) is 0.259. The number of fused-ring (bicyclic) bond motifs is 1. The maximum Gasteiger partial charge on any atom is 0.257 e. The minimum Gasteiger partial charge on any atom is -0.481 e. The number of anilines is 2. The van der Waals surface area contributed by atoms with Gasteiger partial charge >= 0.3 is 0 Å². The van der Waals surface area contributed by atoms with Gasteiger partial charge in [0.15, 0.2) is 0 Å². The van der Waals surface area contributed by atoms with Gasteiger partial charge in [-0.25, -0.2) is 4.98 Å². The molecule has 0 bridgehead atoms. The zero-order chi connectivity index (χ0) is 16.4. The smallest absolute Gasteiger partial charge is 0.257 e. The second-order valence-corrected chi connectivity index (χ2v) is 5.31. The van der Waals surface area contributed by atoms with Crippen LogP contribution in [0.25, 0.3) is 0 Å². The van der Waals surface area contributed by atoms with Crippen LogP contribution in [0.1, 0.15) is 22.8 Å². The summed E-state index contributed by atoms with van der Waals surface area (Å²) in [7, 11) is 1.52. The van der Waals surface area contributed by atoms with Crippen LogP contribution < -0.4 is 15.0 Å². The number of aromatic nitrogens is 1. The monoisotopic (exact) mass is 311 g/mol. The molecule has 1 aliphatic heterocycles. The Hall–Kier alpha value is -2.89. The molecule has 0 fully saturated rings. The Morgan fingerprint density at radius 3 is 2.74 bits per heavy atom. The molecule has 1 aromatic heterocycles. The van der Waals surface area contributed by atoms with E-state index in [1.807, 2.05) is 12.1 Å². The molecule has 2 aromatic rings. The van der Waals surface area contributed by atoms with E-state index in [4.69, 9.17) is 4.74 Å². The van der Waals surface area contributed by atoms with Crippen LogP contribution in [0.5, 0.6) is 5.88 Å². The quantitative estimate of drug-likeness (QED) is 0.943. The molecule has 1 aromatic carbocycles. The lowest BCUT2D eigenvalue weighted by atomic mass is 10.1. The van der Waals surface area contributed by atoms with Gasteiger partial charge in [-0.3, -0.25) is 9.59 Å². The average molecular weight is 311 g/mol. The summed E-state index contributed by atoms with van der Waals surface area (Å²) in [6, 6.07) is 8.88. The van der Waals surface area contributed by atoms with Crippen molar-refractivity contribution in [1.29, 1.82) is 0 Å². The molecule has 1 aliphatic rings. The molecule has 6 nitrogen and oxygen atoms in total. The van der Waals surface area contributed by atoms with E-state index in [0.29, 0.717) is 23.7 Å². The third-order valence-electron chi connectivity index (χ3n) is 3.82. The van der Waals surface area contributed by atoms with Crippen LogP contribution in [0.4, 0.5) is 11.4 Å². The number of pyridine rings is 1. The number of hydrogen-bond donors (Lipinski definition) is 1. The third kappa shape index (κ3) is 3.01. The molecule has 2 amide bonds. The van der Waals surface area contributed by atoms with Crippen LogP contribution in [-0.4, -0.2) is 30.5 Å². The molecule has 23 heavy (non-hydrogen) atoms. The summed E-state index contributed by atoms with van der Waals surface area (Å²) in [6.45, 7) is 2.24. The first-order valence-electron chi connectivity index (χ1n) is 7.31. The van der Waals surface area contributed by atoms with E-state index >= 15 is 0 Å². The first-order valence-corrected chi connectivity index (χ1v) is 7.31. The number of amides is 2. The standard InChI is InChI=1S/C17H17N3O3/c1-11(21)20-8-7-12-9-14(4-5-15(12)20)19-17(22)13-3-6-16(23-2)18-10-13/h3-6,9-10H,7-8H2,1-2H3,(H,19,22).